The number of hydrogen-bond donors (Lipinski definition) is 0. The van der Waals surface area contributed by atoms with Gasteiger partial charge in [0.05, 0.1) is 5.69 Å². The van der Waals surface area contributed by atoms with E-state index in [1.165, 1.54) is 17.0 Å². The topological polar surface area (TPSA) is 16.1 Å². The Morgan fingerprint density at radius 1 is 1.13 bits per heavy atom. The first kappa shape index (κ1) is 10.6. The maximum absolute atomic E-state index is 4.74. The van der Waals surface area contributed by atoms with Crippen LogP contribution in [-0.4, -0.2) is 15.9 Å². The molecule has 0 N–H and O–H groups in total. The second-order valence-corrected chi connectivity index (χ2v) is 5.00. The van der Waals surface area contributed by atoms with Crippen molar-refractivity contribution in [2.24, 2.45) is 0 Å². The van der Waals surface area contributed by atoms with Gasteiger partial charge in [0.2, 0.25) is 0 Å². The van der Waals surface area contributed by atoms with Crippen molar-refractivity contribution in [3.63, 3.8) is 0 Å². The van der Waals surface area contributed by atoms with Crippen molar-refractivity contribution in [3.8, 4) is 0 Å². The van der Waals surface area contributed by atoms with Crippen molar-refractivity contribution in [3.05, 3.63) is 29.1 Å². The Morgan fingerprint density at radius 2 is 1.87 bits per heavy atom. The second kappa shape index (κ2) is 3.93. The molecule has 0 radical (unpaired) electrons. The second-order valence-electron chi connectivity index (χ2n) is 5.00. The molecule has 2 nitrogen and oxygen atoms in total. The lowest BCUT2D eigenvalue weighted by atomic mass is 10.1. The van der Waals surface area contributed by atoms with Crippen LogP contribution in [0.1, 0.15) is 50.6 Å². The molecule has 1 aromatic rings. The predicted molar refractivity (Wildman–Crippen MR) is 62.7 cm³/mol. The van der Waals surface area contributed by atoms with Crippen molar-refractivity contribution < 1.29 is 0 Å². The largest absolute Gasteiger partial charge is 0.291 e. The summed E-state index contributed by atoms with van der Waals surface area (Å²) < 4.78 is 0. The summed E-state index contributed by atoms with van der Waals surface area (Å²) in [5.41, 5.74) is 3.92. The summed E-state index contributed by atoms with van der Waals surface area (Å²) in [6, 6.07) is 5.04. The van der Waals surface area contributed by atoms with Gasteiger partial charge < -0.3 is 0 Å². The molecule has 1 aliphatic heterocycles. The van der Waals surface area contributed by atoms with Gasteiger partial charge in [0.25, 0.3) is 0 Å². The molecule has 2 heteroatoms. The molecule has 82 valence electrons. The minimum Gasteiger partial charge on any atom is -0.291 e. The summed E-state index contributed by atoms with van der Waals surface area (Å²) in [5.74, 6) is 0.531. The van der Waals surface area contributed by atoms with Crippen LogP contribution in [0.15, 0.2) is 12.1 Å². The molecule has 0 saturated heterocycles. The molecule has 0 saturated carbocycles. The molecule has 0 atom stereocenters. The first-order chi connectivity index (χ1) is 7.08. The number of fused-ring (bicyclic) bond motifs is 1. The molecule has 0 amide bonds. The highest BCUT2D eigenvalue weighted by molar-refractivity contribution is 5.27. The highest BCUT2D eigenvalue weighted by Gasteiger charge is 2.22. The monoisotopic (exact) mass is 204 g/mol. The first-order valence-electron chi connectivity index (χ1n) is 5.80. The molecule has 0 aromatic carbocycles. The van der Waals surface area contributed by atoms with Crippen LogP contribution >= 0.6 is 0 Å². The van der Waals surface area contributed by atoms with Crippen molar-refractivity contribution in [1.29, 1.82) is 0 Å². The van der Waals surface area contributed by atoms with E-state index in [2.05, 4.69) is 44.7 Å². The molecular formula is C13H20N2. The van der Waals surface area contributed by atoms with E-state index in [1.54, 1.807) is 0 Å². The van der Waals surface area contributed by atoms with Crippen LogP contribution in [-0.2, 0) is 13.1 Å². The summed E-state index contributed by atoms with van der Waals surface area (Å²) in [6.07, 6.45) is 0. The van der Waals surface area contributed by atoms with E-state index in [0.717, 1.165) is 13.1 Å². The molecule has 2 rings (SSSR count). The summed E-state index contributed by atoms with van der Waals surface area (Å²) >= 11 is 0. The smallest absolute Gasteiger partial charge is 0.0592 e. The van der Waals surface area contributed by atoms with E-state index < -0.39 is 0 Å². The van der Waals surface area contributed by atoms with Crippen LogP contribution in [0.25, 0.3) is 0 Å². The Hall–Kier alpha value is -0.890. The quantitative estimate of drug-likeness (QED) is 0.736. The number of nitrogens with zero attached hydrogens (tertiary/aromatic N) is 2. The normalized spacial score (nSPS) is 16.4. The molecule has 0 unspecified atom stereocenters. The summed E-state index contributed by atoms with van der Waals surface area (Å²) in [4.78, 5) is 7.20. The molecular weight excluding hydrogens is 184 g/mol. The van der Waals surface area contributed by atoms with Gasteiger partial charge in [-0.3, -0.25) is 9.88 Å². The molecule has 1 aromatic heterocycles. The van der Waals surface area contributed by atoms with E-state index in [0.29, 0.717) is 12.0 Å². The SMILES string of the molecule is CC(C)c1ccc2c(n1)CN(C(C)C)C2. The van der Waals surface area contributed by atoms with Gasteiger partial charge in [-0.25, -0.2) is 0 Å². The van der Waals surface area contributed by atoms with Gasteiger partial charge in [-0.15, -0.1) is 0 Å². The highest BCUT2D eigenvalue weighted by Crippen LogP contribution is 2.24. The van der Waals surface area contributed by atoms with Crippen LogP contribution in [0.5, 0.6) is 0 Å². The summed E-state index contributed by atoms with van der Waals surface area (Å²) in [7, 11) is 0. The van der Waals surface area contributed by atoms with Crippen molar-refractivity contribution in [1.82, 2.24) is 9.88 Å². The summed E-state index contributed by atoms with van der Waals surface area (Å²) in [5, 5.41) is 0. The number of rotatable bonds is 2. The number of aromatic nitrogens is 1. The average molecular weight is 204 g/mol. The van der Waals surface area contributed by atoms with E-state index in [9.17, 15) is 0 Å². The van der Waals surface area contributed by atoms with Crippen molar-refractivity contribution in [2.75, 3.05) is 0 Å². The van der Waals surface area contributed by atoms with Gasteiger partial charge in [-0.2, -0.15) is 0 Å². The van der Waals surface area contributed by atoms with Crippen LogP contribution in [0, 0.1) is 0 Å². The Balaban J connectivity index is 2.24. The lowest BCUT2D eigenvalue weighted by molar-refractivity contribution is 0.226. The molecule has 0 spiro atoms. The van der Waals surface area contributed by atoms with Gasteiger partial charge in [0.15, 0.2) is 0 Å². The Kier molecular flexibility index (Phi) is 2.79. The van der Waals surface area contributed by atoms with E-state index in [4.69, 9.17) is 4.98 Å². The number of hydrogen-bond acceptors (Lipinski definition) is 2. The van der Waals surface area contributed by atoms with Gasteiger partial charge in [0, 0.05) is 24.8 Å². The Labute approximate surface area is 92.3 Å². The predicted octanol–water partition coefficient (Wildman–Crippen LogP) is 2.93. The summed E-state index contributed by atoms with van der Waals surface area (Å²) in [6.45, 7) is 11.0. The van der Waals surface area contributed by atoms with Crippen LogP contribution in [0.2, 0.25) is 0 Å². The zero-order valence-corrected chi connectivity index (χ0v) is 10.1. The van der Waals surface area contributed by atoms with Crippen molar-refractivity contribution in [2.45, 2.75) is 52.7 Å². The Morgan fingerprint density at radius 3 is 2.47 bits per heavy atom. The van der Waals surface area contributed by atoms with Gasteiger partial charge in [-0.05, 0) is 31.4 Å². The minimum absolute atomic E-state index is 0.531. The lowest BCUT2D eigenvalue weighted by Crippen LogP contribution is -2.24. The zero-order chi connectivity index (χ0) is 11.0. The standard InChI is InChI=1S/C13H20N2/c1-9(2)12-6-5-11-7-15(10(3)4)8-13(11)14-12/h5-6,9-10H,7-8H2,1-4H3. The van der Waals surface area contributed by atoms with Crippen LogP contribution in [0.4, 0.5) is 0 Å². The maximum Gasteiger partial charge on any atom is 0.0592 e. The fraction of sp³-hybridized carbons (Fsp3) is 0.615. The van der Waals surface area contributed by atoms with Crippen LogP contribution in [0.3, 0.4) is 0 Å². The van der Waals surface area contributed by atoms with E-state index in [1.807, 2.05) is 0 Å². The maximum atomic E-state index is 4.74. The third kappa shape index (κ3) is 2.05. The highest BCUT2D eigenvalue weighted by atomic mass is 15.2. The van der Waals surface area contributed by atoms with E-state index >= 15 is 0 Å². The van der Waals surface area contributed by atoms with Crippen molar-refractivity contribution >= 4 is 0 Å². The first-order valence-corrected chi connectivity index (χ1v) is 5.80. The number of pyridine rings is 1. The molecule has 0 bridgehead atoms. The minimum atomic E-state index is 0.531. The molecule has 0 aliphatic carbocycles. The zero-order valence-electron chi connectivity index (χ0n) is 10.1. The van der Waals surface area contributed by atoms with Gasteiger partial charge in [-0.1, -0.05) is 19.9 Å². The molecule has 15 heavy (non-hydrogen) atoms. The lowest BCUT2D eigenvalue weighted by Gasteiger charge is -2.18. The third-order valence-corrected chi connectivity index (χ3v) is 3.14. The van der Waals surface area contributed by atoms with Crippen LogP contribution < -0.4 is 0 Å². The molecule has 0 fully saturated rings. The average Bonchev–Trinajstić information content (AvgIpc) is 2.59. The van der Waals surface area contributed by atoms with Gasteiger partial charge in [0.1, 0.15) is 0 Å². The molecule has 1 aliphatic rings. The van der Waals surface area contributed by atoms with E-state index in [-0.39, 0.29) is 0 Å². The third-order valence-electron chi connectivity index (χ3n) is 3.14. The van der Waals surface area contributed by atoms with Gasteiger partial charge >= 0.3 is 0 Å². The fourth-order valence-corrected chi connectivity index (χ4v) is 1.98. The Bertz CT molecular complexity index is 356. The fourth-order valence-electron chi connectivity index (χ4n) is 1.98. The molecule has 2 heterocycles.